The average molecular weight is 307 g/mol. The van der Waals surface area contributed by atoms with Crippen molar-refractivity contribution in [1.29, 1.82) is 0 Å². The smallest absolute Gasteiger partial charge is 0.264 e. The van der Waals surface area contributed by atoms with Crippen LogP contribution in [0.1, 0.15) is 18.4 Å². The summed E-state index contributed by atoms with van der Waals surface area (Å²) in [6, 6.07) is 5.84. The fourth-order valence-electron chi connectivity index (χ4n) is 1.96. The van der Waals surface area contributed by atoms with Crippen LogP contribution in [0, 0.1) is 5.82 Å². The number of benzene rings is 1. The number of hydrogen-bond acceptors (Lipinski definition) is 4. The SMILES string of the molecule is CN(C)C(=O)CCNC(=O)[C@H]1CC(c2ccc(F)cc2)=NO1. The van der Waals surface area contributed by atoms with E-state index < -0.39 is 6.10 Å². The fraction of sp³-hybridized carbons (Fsp3) is 0.400. The Labute approximate surface area is 127 Å². The van der Waals surface area contributed by atoms with Crippen LogP contribution in [0.25, 0.3) is 0 Å². The summed E-state index contributed by atoms with van der Waals surface area (Å²) in [4.78, 5) is 29.9. The van der Waals surface area contributed by atoms with E-state index in [9.17, 15) is 14.0 Å². The molecule has 22 heavy (non-hydrogen) atoms. The fourth-order valence-corrected chi connectivity index (χ4v) is 1.96. The van der Waals surface area contributed by atoms with Gasteiger partial charge < -0.3 is 15.1 Å². The topological polar surface area (TPSA) is 71.0 Å². The van der Waals surface area contributed by atoms with E-state index in [1.807, 2.05) is 0 Å². The molecule has 1 heterocycles. The first kappa shape index (κ1) is 15.9. The average Bonchev–Trinajstić information content (AvgIpc) is 2.97. The quantitative estimate of drug-likeness (QED) is 0.879. The van der Waals surface area contributed by atoms with E-state index in [-0.39, 0.29) is 30.6 Å². The molecule has 1 aromatic carbocycles. The molecule has 1 aromatic rings. The van der Waals surface area contributed by atoms with Crippen LogP contribution < -0.4 is 5.32 Å². The third-order valence-corrected chi connectivity index (χ3v) is 3.28. The van der Waals surface area contributed by atoms with Crippen molar-refractivity contribution < 1.29 is 18.8 Å². The number of oxime groups is 1. The zero-order valence-electron chi connectivity index (χ0n) is 12.5. The first-order valence-corrected chi connectivity index (χ1v) is 6.94. The molecule has 0 saturated heterocycles. The number of halogens is 1. The van der Waals surface area contributed by atoms with Gasteiger partial charge in [-0.15, -0.1) is 0 Å². The standard InChI is InChI=1S/C15H18FN3O3/c1-19(2)14(20)7-8-17-15(21)13-9-12(18-22-13)10-3-5-11(16)6-4-10/h3-6,13H,7-9H2,1-2H3,(H,17,21)/t13-/m1/s1. The first-order chi connectivity index (χ1) is 10.5. The summed E-state index contributed by atoms with van der Waals surface area (Å²) in [6.45, 7) is 0.252. The van der Waals surface area contributed by atoms with E-state index in [1.165, 1.54) is 17.0 Å². The molecule has 0 bridgehead atoms. The largest absolute Gasteiger partial charge is 0.382 e. The van der Waals surface area contributed by atoms with E-state index in [4.69, 9.17) is 4.84 Å². The molecule has 0 saturated carbocycles. The van der Waals surface area contributed by atoms with Gasteiger partial charge in [-0.05, 0) is 17.7 Å². The van der Waals surface area contributed by atoms with Gasteiger partial charge in [-0.2, -0.15) is 0 Å². The number of carbonyl (C=O) groups excluding carboxylic acids is 2. The van der Waals surface area contributed by atoms with Gasteiger partial charge in [0, 0.05) is 33.5 Å². The minimum Gasteiger partial charge on any atom is -0.382 e. The molecule has 1 aliphatic rings. The third-order valence-electron chi connectivity index (χ3n) is 3.28. The van der Waals surface area contributed by atoms with Gasteiger partial charge in [0.15, 0.2) is 0 Å². The Bertz CT molecular complexity index is 584. The summed E-state index contributed by atoms with van der Waals surface area (Å²) in [7, 11) is 3.32. The molecule has 0 fully saturated rings. The van der Waals surface area contributed by atoms with Gasteiger partial charge in [-0.3, -0.25) is 9.59 Å². The molecule has 0 unspecified atom stereocenters. The summed E-state index contributed by atoms with van der Waals surface area (Å²) < 4.78 is 12.9. The molecule has 1 aliphatic heterocycles. The van der Waals surface area contributed by atoms with Crippen LogP contribution in [0.15, 0.2) is 29.4 Å². The minimum atomic E-state index is -0.713. The number of carbonyl (C=O) groups is 2. The van der Waals surface area contributed by atoms with Gasteiger partial charge in [0.25, 0.3) is 5.91 Å². The highest BCUT2D eigenvalue weighted by atomic mass is 19.1. The van der Waals surface area contributed by atoms with Crippen molar-refractivity contribution in [2.75, 3.05) is 20.6 Å². The first-order valence-electron chi connectivity index (χ1n) is 6.94. The number of rotatable bonds is 5. The van der Waals surface area contributed by atoms with Gasteiger partial charge in [0.05, 0.1) is 5.71 Å². The van der Waals surface area contributed by atoms with E-state index in [0.29, 0.717) is 12.1 Å². The summed E-state index contributed by atoms with van der Waals surface area (Å²) in [5.74, 6) is -0.702. The lowest BCUT2D eigenvalue weighted by Gasteiger charge is -2.12. The van der Waals surface area contributed by atoms with Crippen LogP contribution in [0.3, 0.4) is 0 Å². The summed E-state index contributed by atoms with van der Waals surface area (Å²) in [5, 5.41) is 6.51. The molecule has 2 rings (SSSR count). The molecule has 1 N–H and O–H groups in total. The molecule has 2 amide bonds. The molecule has 7 heteroatoms. The number of hydrogen-bond donors (Lipinski definition) is 1. The Kier molecular flexibility index (Phi) is 5.08. The Morgan fingerprint density at radius 1 is 1.36 bits per heavy atom. The zero-order valence-corrected chi connectivity index (χ0v) is 12.5. The molecule has 1 atom stereocenters. The van der Waals surface area contributed by atoms with Crippen LogP contribution in [-0.4, -0.2) is 49.2 Å². The molecule has 0 spiro atoms. The highest BCUT2D eigenvalue weighted by molar-refractivity contribution is 6.04. The third kappa shape index (κ3) is 4.03. The maximum atomic E-state index is 12.9. The van der Waals surface area contributed by atoms with Gasteiger partial charge in [0.1, 0.15) is 5.82 Å². The lowest BCUT2D eigenvalue weighted by Crippen LogP contribution is -2.37. The van der Waals surface area contributed by atoms with Crippen LogP contribution >= 0.6 is 0 Å². The van der Waals surface area contributed by atoms with Crippen molar-refractivity contribution in [2.45, 2.75) is 18.9 Å². The normalized spacial score (nSPS) is 16.7. The summed E-state index contributed by atoms with van der Waals surface area (Å²) in [5.41, 5.74) is 1.32. The van der Waals surface area contributed by atoms with E-state index in [0.717, 1.165) is 5.56 Å². The maximum Gasteiger partial charge on any atom is 0.264 e. The summed E-state index contributed by atoms with van der Waals surface area (Å²) >= 11 is 0. The van der Waals surface area contributed by atoms with Crippen LogP contribution in [0.2, 0.25) is 0 Å². The van der Waals surface area contributed by atoms with Crippen LogP contribution in [-0.2, 0) is 14.4 Å². The predicted octanol–water partition coefficient (Wildman–Crippen LogP) is 0.913. The number of nitrogens with one attached hydrogen (secondary N) is 1. The second-order valence-corrected chi connectivity index (χ2v) is 5.17. The predicted molar refractivity (Wildman–Crippen MR) is 78.7 cm³/mol. The maximum absolute atomic E-state index is 12.9. The van der Waals surface area contributed by atoms with Crippen molar-refractivity contribution in [3.63, 3.8) is 0 Å². The van der Waals surface area contributed by atoms with Crippen molar-refractivity contribution in [3.05, 3.63) is 35.6 Å². The highest BCUT2D eigenvalue weighted by Gasteiger charge is 2.28. The second kappa shape index (κ2) is 7.02. The van der Waals surface area contributed by atoms with Crippen LogP contribution in [0.5, 0.6) is 0 Å². The van der Waals surface area contributed by atoms with Crippen molar-refractivity contribution in [2.24, 2.45) is 5.16 Å². The second-order valence-electron chi connectivity index (χ2n) is 5.17. The highest BCUT2D eigenvalue weighted by Crippen LogP contribution is 2.17. The summed E-state index contributed by atoms with van der Waals surface area (Å²) in [6.07, 6.45) is -0.162. The van der Waals surface area contributed by atoms with Crippen molar-refractivity contribution >= 4 is 17.5 Å². The van der Waals surface area contributed by atoms with E-state index >= 15 is 0 Å². The lowest BCUT2D eigenvalue weighted by molar-refractivity contribution is -0.131. The molecular weight excluding hydrogens is 289 g/mol. The molecule has 0 aliphatic carbocycles. The van der Waals surface area contributed by atoms with Crippen LogP contribution in [0.4, 0.5) is 4.39 Å². The van der Waals surface area contributed by atoms with E-state index in [1.54, 1.807) is 26.2 Å². The van der Waals surface area contributed by atoms with Crippen molar-refractivity contribution in [3.8, 4) is 0 Å². The molecule has 0 radical (unpaired) electrons. The van der Waals surface area contributed by atoms with E-state index in [2.05, 4.69) is 10.5 Å². The Morgan fingerprint density at radius 2 is 2.05 bits per heavy atom. The lowest BCUT2D eigenvalue weighted by atomic mass is 10.0. The zero-order chi connectivity index (χ0) is 16.1. The Morgan fingerprint density at radius 3 is 2.68 bits per heavy atom. The Balaban J connectivity index is 1.80. The van der Waals surface area contributed by atoms with Gasteiger partial charge in [-0.1, -0.05) is 17.3 Å². The molecular formula is C15H18FN3O3. The molecule has 0 aromatic heterocycles. The Hall–Kier alpha value is -2.44. The minimum absolute atomic E-state index is 0.0594. The number of amides is 2. The molecule has 6 nitrogen and oxygen atoms in total. The van der Waals surface area contributed by atoms with Gasteiger partial charge in [0.2, 0.25) is 12.0 Å². The molecule has 118 valence electrons. The number of nitrogens with zero attached hydrogens (tertiary/aromatic N) is 2. The van der Waals surface area contributed by atoms with Gasteiger partial charge in [-0.25, -0.2) is 4.39 Å². The van der Waals surface area contributed by atoms with Crippen molar-refractivity contribution in [1.82, 2.24) is 10.2 Å². The monoisotopic (exact) mass is 307 g/mol. The van der Waals surface area contributed by atoms with Gasteiger partial charge >= 0.3 is 0 Å².